The first-order valence-corrected chi connectivity index (χ1v) is 8.23. The molecule has 0 atom stereocenters. The molecule has 25 heavy (non-hydrogen) atoms. The third-order valence-electron chi connectivity index (χ3n) is 3.97. The number of hydrogen-bond donors (Lipinski definition) is 1. The van der Waals surface area contributed by atoms with Crippen molar-refractivity contribution in [2.45, 2.75) is 0 Å². The fraction of sp³-hybridized carbons (Fsp3) is 0.500. The summed E-state index contributed by atoms with van der Waals surface area (Å²) in [6.45, 7) is 3.76. The van der Waals surface area contributed by atoms with Gasteiger partial charge in [0.15, 0.2) is 0 Å². The highest BCUT2D eigenvalue weighted by Crippen LogP contribution is 2.11. The van der Waals surface area contributed by atoms with Gasteiger partial charge in [-0.05, 0) is 6.07 Å². The van der Waals surface area contributed by atoms with E-state index < -0.39 is 0 Å². The maximum Gasteiger partial charge on any atom is 0.261 e. The average Bonchev–Trinajstić information content (AvgIpc) is 2.70. The van der Waals surface area contributed by atoms with Crippen LogP contribution >= 0.6 is 0 Å². The number of rotatable bonds is 4. The van der Waals surface area contributed by atoms with E-state index in [0.717, 1.165) is 0 Å². The van der Waals surface area contributed by atoms with Gasteiger partial charge < -0.3 is 24.6 Å². The van der Waals surface area contributed by atoms with Crippen LogP contribution in [0.1, 0.15) is 0 Å². The average molecular weight is 347 g/mol. The number of amides is 2. The molecular formula is C16H21N5O4. The first kappa shape index (κ1) is 17.3. The summed E-state index contributed by atoms with van der Waals surface area (Å²) in [7, 11) is 0. The largest absolute Gasteiger partial charge is 0.378 e. The van der Waals surface area contributed by atoms with E-state index in [1.54, 1.807) is 28.3 Å². The van der Waals surface area contributed by atoms with Gasteiger partial charge >= 0.3 is 0 Å². The molecule has 3 rings (SSSR count). The standard InChI is InChI=1S/C16H21N5O4/c22-14(20-4-8-24-9-5-20)13(12-19-16-17-2-1-3-18-16)15(23)21-6-10-25-11-7-21/h1-3,12H,4-11H2,(H,17,18,19). The predicted octanol–water partition coefficient (Wildman–Crippen LogP) is -0.510. The van der Waals surface area contributed by atoms with Crippen molar-refractivity contribution in [2.75, 3.05) is 57.9 Å². The van der Waals surface area contributed by atoms with Gasteiger partial charge in [-0.15, -0.1) is 0 Å². The molecule has 0 radical (unpaired) electrons. The number of hydrogen-bond acceptors (Lipinski definition) is 7. The maximum absolute atomic E-state index is 12.8. The molecule has 0 aromatic carbocycles. The molecule has 0 saturated carbocycles. The third kappa shape index (κ3) is 4.52. The zero-order valence-corrected chi connectivity index (χ0v) is 13.9. The van der Waals surface area contributed by atoms with Gasteiger partial charge in [-0.1, -0.05) is 0 Å². The Morgan fingerprint density at radius 2 is 1.40 bits per heavy atom. The summed E-state index contributed by atoms with van der Waals surface area (Å²) in [6.07, 6.45) is 4.55. The van der Waals surface area contributed by atoms with Crippen molar-refractivity contribution in [1.82, 2.24) is 19.8 Å². The second kappa shape index (κ2) is 8.54. The van der Waals surface area contributed by atoms with Crippen molar-refractivity contribution in [3.63, 3.8) is 0 Å². The van der Waals surface area contributed by atoms with Crippen LogP contribution in [0.15, 0.2) is 30.2 Å². The molecule has 2 saturated heterocycles. The first-order chi connectivity index (χ1) is 12.3. The van der Waals surface area contributed by atoms with Crippen LogP contribution in [0.4, 0.5) is 5.95 Å². The van der Waals surface area contributed by atoms with Crippen LogP contribution in [0.5, 0.6) is 0 Å². The summed E-state index contributed by atoms with van der Waals surface area (Å²) in [6, 6.07) is 1.69. The molecule has 9 nitrogen and oxygen atoms in total. The quantitative estimate of drug-likeness (QED) is 0.445. The van der Waals surface area contributed by atoms with E-state index in [1.165, 1.54) is 6.20 Å². The van der Waals surface area contributed by atoms with Crippen LogP contribution in [0.2, 0.25) is 0 Å². The van der Waals surface area contributed by atoms with Crippen LogP contribution in [-0.4, -0.2) is 84.2 Å². The number of carbonyl (C=O) groups excluding carboxylic acids is 2. The summed E-state index contributed by atoms with van der Waals surface area (Å²) in [5.74, 6) is -0.309. The second-order valence-corrected chi connectivity index (χ2v) is 5.58. The third-order valence-corrected chi connectivity index (χ3v) is 3.97. The first-order valence-electron chi connectivity index (χ1n) is 8.23. The zero-order chi connectivity index (χ0) is 17.5. The minimum atomic E-state index is -0.316. The van der Waals surface area contributed by atoms with Gasteiger partial charge in [0, 0.05) is 44.8 Å². The number of morpholine rings is 2. The maximum atomic E-state index is 12.8. The minimum Gasteiger partial charge on any atom is -0.378 e. The molecule has 2 fully saturated rings. The molecule has 2 amide bonds. The zero-order valence-electron chi connectivity index (χ0n) is 13.9. The van der Waals surface area contributed by atoms with Gasteiger partial charge in [0.05, 0.1) is 26.4 Å². The van der Waals surface area contributed by atoms with Crippen molar-refractivity contribution in [3.05, 3.63) is 30.2 Å². The molecule has 9 heteroatoms. The number of nitrogens with zero attached hydrogens (tertiary/aromatic N) is 4. The van der Waals surface area contributed by atoms with Crippen molar-refractivity contribution in [2.24, 2.45) is 0 Å². The summed E-state index contributed by atoms with van der Waals surface area (Å²) < 4.78 is 10.5. The van der Waals surface area contributed by atoms with E-state index in [4.69, 9.17) is 9.47 Å². The summed E-state index contributed by atoms with van der Waals surface area (Å²) >= 11 is 0. The highest BCUT2D eigenvalue weighted by atomic mass is 16.5. The Bertz CT molecular complexity index is 593. The van der Waals surface area contributed by atoms with Crippen molar-refractivity contribution < 1.29 is 19.1 Å². The molecule has 0 spiro atoms. The lowest BCUT2D eigenvalue weighted by atomic mass is 10.2. The number of nitrogens with one attached hydrogen (secondary N) is 1. The molecular weight excluding hydrogens is 326 g/mol. The Hall–Kier alpha value is -2.52. The molecule has 0 unspecified atom stereocenters. The van der Waals surface area contributed by atoms with Gasteiger partial charge in [-0.25, -0.2) is 9.97 Å². The molecule has 2 aliphatic rings. The molecule has 2 aliphatic heterocycles. The van der Waals surface area contributed by atoms with Crippen LogP contribution in [0.25, 0.3) is 0 Å². The fourth-order valence-electron chi connectivity index (χ4n) is 2.60. The molecule has 134 valence electrons. The summed E-state index contributed by atoms with van der Waals surface area (Å²) in [4.78, 5) is 37.0. The Kier molecular flexibility index (Phi) is 5.91. The molecule has 1 aromatic heterocycles. The van der Waals surface area contributed by atoms with Gasteiger partial charge in [0.25, 0.3) is 11.8 Å². The fourth-order valence-corrected chi connectivity index (χ4v) is 2.60. The van der Waals surface area contributed by atoms with Crippen molar-refractivity contribution in [3.8, 4) is 0 Å². The SMILES string of the molecule is O=C(C(=CNc1ncccn1)C(=O)N1CCOCC1)N1CCOCC1. The van der Waals surface area contributed by atoms with Crippen LogP contribution in [-0.2, 0) is 19.1 Å². The van der Waals surface area contributed by atoms with Crippen LogP contribution < -0.4 is 5.32 Å². The normalized spacial score (nSPS) is 17.8. The van der Waals surface area contributed by atoms with Gasteiger partial charge in [0.1, 0.15) is 5.57 Å². The number of carbonyl (C=O) groups is 2. The van der Waals surface area contributed by atoms with E-state index in [2.05, 4.69) is 15.3 Å². The Morgan fingerprint density at radius 3 is 1.88 bits per heavy atom. The summed E-state index contributed by atoms with van der Waals surface area (Å²) in [5.41, 5.74) is 0.0660. The second-order valence-electron chi connectivity index (χ2n) is 5.58. The van der Waals surface area contributed by atoms with E-state index >= 15 is 0 Å². The van der Waals surface area contributed by atoms with Gasteiger partial charge in [-0.3, -0.25) is 9.59 Å². The van der Waals surface area contributed by atoms with E-state index in [9.17, 15) is 9.59 Å². The van der Waals surface area contributed by atoms with Crippen molar-refractivity contribution in [1.29, 1.82) is 0 Å². The predicted molar refractivity (Wildman–Crippen MR) is 88.5 cm³/mol. The van der Waals surface area contributed by atoms with E-state index in [-0.39, 0.29) is 17.4 Å². The van der Waals surface area contributed by atoms with Gasteiger partial charge in [0.2, 0.25) is 5.95 Å². The van der Waals surface area contributed by atoms with E-state index in [1.807, 2.05) is 0 Å². The number of aromatic nitrogens is 2. The molecule has 0 bridgehead atoms. The number of ether oxygens (including phenoxy) is 2. The Morgan fingerprint density at radius 1 is 0.920 bits per heavy atom. The van der Waals surface area contributed by atoms with Crippen LogP contribution in [0.3, 0.4) is 0 Å². The lowest BCUT2D eigenvalue weighted by molar-refractivity contribution is -0.138. The summed E-state index contributed by atoms with van der Waals surface area (Å²) in [5, 5.41) is 2.84. The molecule has 3 heterocycles. The highest BCUT2D eigenvalue weighted by molar-refractivity contribution is 6.18. The Balaban J connectivity index is 1.79. The highest BCUT2D eigenvalue weighted by Gasteiger charge is 2.29. The topological polar surface area (TPSA) is 96.9 Å². The van der Waals surface area contributed by atoms with Crippen molar-refractivity contribution >= 4 is 17.8 Å². The van der Waals surface area contributed by atoms with E-state index in [0.29, 0.717) is 58.6 Å². The molecule has 1 N–H and O–H groups in total. The Labute approximate surface area is 145 Å². The van der Waals surface area contributed by atoms with Crippen LogP contribution in [0, 0.1) is 0 Å². The number of anilines is 1. The monoisotopic (exact) mass is 347 g/mol. The lowest BCUT2D eigenvalue weighted by Crippen LogP contribution is -2.47. The smallest absolute Gasteiger partial charge is 0.261 e. The molecule has 0 aliphatic carbocycles. The molecule has 1 aromatic rings. The lowest BCUT2D eigenvalue weighted by Gasteiger charge is -2.31. The minimum absolute atomic E-state index is 0.0660. The van der Waals surface area contributed by atoms with Gasteiger partial charge in [-0.2, -0.15) is 0 Å².